The molecule has 1 saturated carbocycles. The zero-order chi connectivity index (χ0) is 30.8. The number of carbonyl (C=O) groups excluding carboxylic acids is 3. The second-order valence-electron chi connectivity index (χ2n) is 12.7. The number of carbonyl (C=O) groups is 2. The summed E-state index contributed by atoms with van der Waals surface area (Å²) in [5.74, 6) is -0.0693. The van der Waals surface area contributed by atoms with Crippen LogP contribution in [0, 0.1) is 10.8 Å². The highest BCUT2D eigenvalue weighted by Gasteiger charge is 2.41. The fraction of sp³-hybridized carbons (Fsp3) is 0.900. The highest BCUT2D eigenvalue weighted by molar-refractivity contribution is 6.60. The summed E-state index contributed by atoms with van der Waals surface area (Å²) in [5.41, 5.74) is -0.188. The van der Waals surface area contributed by atoms with Gasteiger partial charge in [0, 0.05) is 46.9 Å². The molecule has 3 atom stereocenters. The van der Waals surface area contributed by atoms with Gasteiger partial charge < -0.3 is 28.6 Å². The lowest BCUT2D eigenvalue weighted by Gasteiger charge is -2.45. The molecule has 2 N–H and O–H groups in total. The predicted molar refractivity (Wildman–Crippen MR) is 162 cm³/mol. The second kappa shape index (κ2) is 19.4. The Hall–Kier alpha value is -1.78. The summed E-state index contributed by atoms with van der Waals surface area (Å²) < 4.78 is 22.1. The quantitative estimate of drug-likeness (QED) is 0.0726. The van der Waals surface area contributed by atoms with E-state index in [0.29, 0.717) is 32.0 Å². The molecular weight excluding hydrogens is 542 g/mol. The molecular formula is C30H57N3O7Si. The number of nitrogens with zero attached hydrogens (tertiary/aromatic N) is 1. The molecule has 0 spiro atoms. The smallest absolute Gasteiger partial charge is 0.446 e. The molecule has 0 aromatic heterocycles. The summed E-state index contributed by atoms with van der Waals surface area (Å²) in [4.78, 5) is 40.3. The zero-order valence-corrected chi connectivity index (χ0v) is 27.8. The molecule has 238 valence electrons. The largest absolute Gasteiger partial charge is 0.500 e. The van der Waals surface area contributed by atoms with Gasteiger partial charge in [-0.25, -0.2) is 14.6 Å². The Morgan fingerprint density at radius 3 is 2.24 bits per heavy atom. The Morgan fingerprint density at radius 1 is 0.951 bits per heavy atom. The fourth-order valence-electron chi connectivity index (χ4n) is 6.24. The van der Waals surface area contributed by atoms with E-state index in [0.717, 1.165) is 38.5 Å². The minimum Gasteiger partial charge on any atom is -0.446 e. The van der Waals surface area contributed by atoms with Crippen molar-refractivity contribution in [2.75, 3.05) is 34.4 Å². The van der Waals surface area contributed by atoms with Crippen LogP contribution in [-0.4, -0.2) is 73.4 Å². The number of isocyanates is 1. The van der Waals surface area contributed by atoms with Crippen molar-refractivity contribution in [3.8, 4) is 0 Å². The first kappa shape index (κ1) is 37.2. The SMILES string of the molecule is CCCCCCCCC(CCC(=O)NCCC[Si](OC)(OC)OC)OC(=O)NCC1(C)CC(N=C=O)CC(C)(C)C1. The molecule has 1 rings (SSSR count). The second-order valence-corrected chi connectivity index (χ2v) is 15.7. The fourth-order valence-corrected chi connectivity index (χ4v) is 7.96. The molecule has 0 heterocycles. The first-order valence-corrected chi connectivity index (χ1v) is 17.3. The molecule has 2 amide bonds. The van der Waals surface area contributed by atoms with E-state index in [1.54, 1.807) is 27.4 Å². The lowest BCUT2D eigenvalue weighted by Crippen LogP contribution is -2.45. The molecule has 1 aliphatic rings. The van der Waals surface area contributed by atoms with Crippen LogP contribution >= 0.6 is 0 Å². The van der Waals surface area contributed by atoms with Gasteiger partial charge in [-0.3, -0.25) is 4.79 Å². The monoisotopic (exact) mass is 599 g/mol. The van der Waals surface area contributed by atoms with E-state index in [1.165, 1.54) is 25.7 Å². The number of amides is 2. The first-order chi connectivity index (χ1) is 19.5. The Labute approximate surface area is 249 Å². The van der Waals surface area contributed by atoms with Crippen LogP contribution in [0.2, 0.25) is 6.04 Å². The Morgan fingerprint density at radius 2 is 1.61 bits per heavy atom. The molecule has 11 heteroatoms. The molecule has 3 unspecified atom stereocenters. The van der Waals surface area contributed by atoms with Crippen LogP contribution in [0.5, 0.6) is 0 Å². The van der Waals surface area contributed by atoms with Gasteiger partial charge in [0.05, 0.1) is 6.04 Å². The van der Waals surface area contributed by atoms with Gasteiger partial charge in [0.15, 0.2) is 0 Å². The first-order valence-electron chi connectivity index (χ1n) is 15.4. The number of ether oxygens (including phenoxy) is 1. The van der Waals surface area contributed by atoms with Gasteiger partial charge in [0.2, 0.25) is 12.0 Å². The lowest BCUT2D eigenvalue weighted by atomic mass is 9.63. The minimum atomic E-state index is -2.65. The van der Waals surface area contributed by atoms with E-state index in [4.69, 9.17) is 18.0 Å². The molecule has 0 aromatic rings. The molecule has 0 bridgehead atoms. The summed E-state index contributed by atoms with van der Waals surface area (Å²) in [6.07, 6.45) is 12.4. The summed E-state index contributed by atoms with van der Waals surface area (Å²) >= 11 is 0. The Balaban J connectivity index is 2.61. The van der Waals surface area contributed by atoms with E-state index in [9.17, 15) is 14.4 Å². The van der Waals surface area contributed by atoms with Crippen molar-refractivity contribution in [1.82, 2.24) is 10.6 Å². The van der Waals surface area contributed by atoms with Gasteiger partial charge >= 0.3 is 14.9 Å². The van der Waals surface area contributed by atoms with Crippen LogP contribution in [0.4, 0.5) is 4.79 Å². The Kier molecular flexibility index (Phi) is 17.6. The number of nitrogens with one attached hydrogen (secondary N) is 2. The van der Waals surface area contributed by atoms with Gasteiger partial charge in [-0.2, -0.15) is 0 Å². The molecule has 1 fully saturated rings. The van der Waals surface area contributed by atoms with Gasteiger partial charge in [0.25, 0.3) is 0 Å². The van der Waals surface area contributed by atoms with E-state index in [-0.39, 0.29) is 35.3 Å². The molecule has 10 nitrogen and oxygen atoms in total. The summed E-state index contributed by atoms with van der Waals surface area (Å²) in [6.45, 7) is 9.60. The van der Waals surface area contributed by atoms with Crippen LogP contribution in [0.1, 0.15) is 111 Å². The number of hydrogen-bond acceptors (Lipinski definition) is 8. The molecule has 1 aliphatic carbocycles. The highest BCUT2D eigenvalue weighted by atomic mass is 28.4. The van der Waals surface area contributed by atoms with Crippen LogP contribution in [0.25, 0.3) is 0 Å². The van der Waals surface area contributed by atoms with Crippen molar-refractivity contribution in [2.45, 2.75) is 129 Å². The van der Waals surface area contributed by atoms with Crippen molar-refractivity contribution >= 4 is 26.9 Å². The summed E-state index contributed by atoms with van der Waals surface area (Å²) in [6, 6.07) is 0.522. The van der Waals surface area contributed by atoms with Gasteiger partial charge in [-0.05, 0) is 55.8 Å². The molecule has 0 aromatic carbocycles. The van der Waals surface area contributed by atoms with Gasteiger partial charge in [-0.1, -0.05) is 59.8 Å². The average molecular weight is 600 g/mol. The lowest BCUT2D eigenvalue weighted by molar-refractivity contribution is -0.121. The number of aliphatic imine (C=N–C) groups is 1. The van der Waals surface area contributed by atoms with Crippen molar-refractivity contribution in [3.05, 3.63) is 0 Å². The van der Waals surface area contributed by atoms with Crippen molar-refractivity contribution in [1.29, 1.82) is 0 Å². The topological polar surface area (TPSA) is 125 Å². The van der Waals surface area contributed by atoms with Gasteiger partial charge in [0.1, 0.15) is 6.10 Å². The normalized spacial score (nSPS) is 21.0. The molecule has 0 radical (unpaired) electrons. The number of hydrogen-bond donors (Lipinski definition) is 2. The maximum Gasteiger partial charge on any atom is 0.500 e. The maximum atomic E-state index is 12.9. The van der Waals surface area contributed by atoms with Gasteiger partial charge in [-0.15, -0.1) is 0 Å². The Bertz CT molecular complexity index is 810. The number of rotatable bonds is 21. The predicted octanol–water partition coefficient (Wildman–Crippen LogP) is 5.92. The molecule has 41 heavy (non-hydrogen) atoms. The average Bonchev–Trinajstić information content (AvgIpc) is 2.92. The van der Waals surface area contributed by atoms with Crippen molar-refractivity contribution in [2.24, 2.45) is 15.8 Å². The van der Waals surface area contributed by atoms with Crippen LogP contribution in [0.3, 0.4) is 0 Å². The van der Waals surface area contributed by atoms with Crippen molar-refractivity contribution in [3.63, 3.8) is 0 Å². The van der Waals surface area contributed by atoms with E-state index in [1.807, 2.05) is 0 Å². The van der Waals surface area contributed by atoms with Crippen LogP contribution < -0.4 is 10.6 Å². The number of unbranched alkanes of at least 4 members (excludes halogenated alkanes) is 5. The third-order valence-electron chi connectivity index (χ3n) is 8.08. The molecule has 0 aliphatic heterocycles. The maximum absolute atomic E-state index is 12.9. The van der Waals surface area contributed by atoms with E-state index in [2.05, 4.69) is 43.3 Å². The summed E-state index contributed by atoms with van der Waals surface area (Å²) in [7, 11) is 2.08. The van der Waals surface area contributed by atoms with Crippen molar-refractivity contribution < 1.29 is 32.4 Å². The standard InChI is InChI=1S/C30H57N3O7Si/c1-8-9-10-11-12-13-15-26(16-17-27(35)31-18-14-19-41(37-5,38-6)39-7)40-28(36)32-23-30(4)21-25(33-24-34)20-29(2,3)22-30/h25-26H,8-23H2,1-7H3,(H,31,35)(H,32,36). The third kappa shape index (κ3) is 15.3. The minimum absolute atomic E-state index is 0.0116. The highest BCUT2D eigenvalue weighted by Crippen LogP contribution is 2.46. The van der Waals surface area contributed by atoms with Crippen LogP contribution in [0.15, 0.2) is 4.99 Å². The molecule has 0 saturated heterocycles. The van der Waals surface area contributed by atoms with Crippen LogP contribution in [-0.2, 0) is 27.6 Å². The zero-order valence-electron chi connectivity index (χ0n) is 26.8. The van der Waals surface area contributed by atoms with E-state index >= 15 is 0 Å². The third-order valence-corrected chi connectivity index (χ3v) is 10.9. The number of alkyl carbamates (subject to hydrolysis) is 1. The summed E-state index contributed by atoms with van der Waals surface area (Å²) in [5, 5.41) is 5.91. The van der Waals surface area contributed by atoms with E-state index < -0.39 is 14.9 Å².